The van der Waals surface area contributed by atoms with Crippen molar-refractivity contribution in [1.82, 2.24) is 0 Å². The first-order valence-electron chi connectivity index (χ1n) is 5.11. The van der Waals surface area contributed by atoms with Crippen LogP contribution < -0.4 is 0 Å². The van der Waals surface area contributed by atoms with Gasteiger partial charge in [0.2, 0.25) is 0 Å². The number of nitrogens with zero attached hydrogens (tertiary/aromatic N) is 1. The van der Waals surface area contributed by atoms with Gasteiger partial charge in [-0.05, 0) is 24.0 Å². The molecule has 0 heterocycles. The third-order valence-electron chi connectivity index (χ3n) is 1.93. The lowest BCUT2D eigenvalue weighted by Crippen LogP contribution is -1.88. The van der Waals surface area contributed by atoms with Crippen LogP contribution in [-0.4, -0.2) is 12.8 Å². The Morgan fingerprint density at radius 1 is 1.36 bits per heavy atom. The summed E-state index contributed by atoms with van der Waals surface area (Å²) in [6.07, 6.45) is 3.80. The molecular formula is C12H17NO. The van der Waals surface area contributed by atoms with Crippen molar-refractivity contribution in [2.24, 2.45) is 5.16 Å². The van der Waals surface area contributed by atoms with Crippen molar-refractivity contribution >= 4 is 6.21 Å². The topological polar surface area (TPSA) is 21.6 Å². The SMILES string of the molecule is CCCON=Cc1cccc(CC)c1. The summed E-state index contributed by atoms with van der Waals surface area (Å²) >= 11 is 0. The molecule has 0 saturated heterocycles. The lowest BCUT2D eigenvalue weighted by molar-refractivity contribution is 0.146. The average molecular weight is 191 g/mol. The minimum Gasteiger partial charge on any atom is -0.396 e. The summed E-state index contributed by atoms with van der Waals surface area (Å²) in [5.74, 6) is 0. The molecule has 0 N–H and O–H groups in total. The first-order valence-corrected chi connectivity index (χ1v) is 5.11. The molecule has 2 nitrogen and oxygen atoms in total. The van der Waals surface area contributed by atoms with E-state index in [0.717, 1.165) is 18.4 Å². The van der Waals surface area contributed by atoms with Gasteiger partial charge in [0.15, 0.2) is 0 Å². The zero-order chi connectivity index (χ0) is 10.2. The van der Waals surface area contributed by atoms with Gasteiger partial charge in [0.05, 0.1) is 6.21 Å². The Morgan fingerprint density at radius 2 is 2.21 bits per heavy atom. The number of oxime groups is 1. The molecule has 0 amide bonds. The molecule has 14 heavy (non-hydrogen) atoms. The summed E-state index contributed by atoms with van der Waals surface area (Å²) in [4.78, 5) is 5.03. The highest BCUT2D eigenvalue weighted by Crippen LogP contribution is 2.03. The molecule has 0 aliphatic heterocycles. The maximum Gasteiger partial charge on any atom is 0.116 e. The fourth-order valence-electron chi connectivity index (χ4n) is 1.14. The van der Waals surface area contributed by atoms with E-state index in [0.29, 0.717) is 6.61 Å². The van der Waals surface area contributed by atoms with Crippen LogP contribution in [0, 0.1) is 0 Å². The average Bonchev–Trinajstić information content (AvgIpc) is 2.25. The third kappa shape index (κ3) is 3.60. The summed E-state index contributed by atoms with van der Waals surface area (Å²) in [6, 6.07) is 8.31. The molecule has 0 bridgehead atoms. The predicted molar refractivity (Wildman–Crippen MR) is 59.7 cm³/mol. The van der Waals surface area contributed by atoms with Crippen molar-refractivity contribution in [2.45, 2.75) is 26.7 Å². The second kappa shape index (κ2) is 6.19. The second-order valence-corrected chi connectivity index (χ2v) is 3.17. The van der Waals surface area contributed by atoms with Gasteiger partial charge in [-0.2, -0.15) is 0 Å². The van der Waals surface area contributed by atoms with Crippen molar-refractivity contribution in [1.29, 1.82) is 0 Å². The van der Waals surface area contributed by atoms with E-state index < -0.39 is 0 Å². The quantitative estimate of drug-likeness (QED) is 0.398. The Bertz CT molecular complexity index is 294. The molecule has 76 valence electrons. The largest absolute Gasteiger partial charge is 0.396 e. The van der Waals surface area contributed by atoms with Gasteiger partial charge in [-0.15, -0.1) is 0 Å². The molecular weight excluding hydrogens is 174 g/mol. The fourth-order valence-corrected chi connectivity index (χ4v) is 1.14. The van der Waals surface area contributed by atoms with Gasteiger partial charge in [-0.3, -0.25) is 0 Å². The Labute approximate surface area is 85.6 Å². The molecule has 0 fully saturated rings. The molecule has 0 radical (unpaired) electrons. The Morgan fingerprint density at radius 3 is 2.93 bits per heavy atom. The normalized spacial score (nSPS) is 10.7. The van der Waals surface area contributed by atoms with Gasteiger partial charge in [0, 0.05) is 0 Å². The van der Waals surface area contributed by atoms with Gasteiger partial charge in [-0.1, -0.05) is 43.3 Å². The number of hydrogen-bond donors (Lipinski definition) is 0. The molecule has 0 aliphatic rings. The first-order chi connectivity index (χ1) is 6.86. The highest BCUT2D eigenvalue weighted by Gasteiger charge is 1.90. The van der Waals surface area contributed by atoms with Crippen molar-refractivity contribution in [2.75, 3.05) is 6.61 Å². The number of rotatable bonds is 5. The molecule has 1 rings (SSSR count). The van der Waals surface area contributed by atoms with E-state index in [1.54, 1.807) is 6.21 Å². The van der Waals surface area contributed by atoms with Crippen LogP contribution in [0.4, 0.5) is 0 Å². The predicted octanol–water partition coefficient (Wildman–Crippen LogP) is 3.01. The first kappa shape index (κ1) is 10.8. The van der Waals surface area contributed by atoms with Crippen LogP contribution in [0.2, 0.25) is 0 Å². The van der Waals surface area contributed by atoms with Crippen LogP contribution >= 0.6 is 0 Å². The lowest BCUT2D eigenvalue weighted by atomic mass is 10.1. The second-order valence-electron chi connectivity index (χ2n) is 3.17. The van der Waals surface area contributed by atoms with E-state index in [1.165, 1.54) is 5.56 Å². The molecule has 1 aromatic carbocycles. The van der Waals surface area contributed by atoms with Gasteiger partial charge >= 0.3 is 0 Å². The smallest absolute Gasteiger partial charge is 0.116 e. The van der Waals surface area contributed by atoms with Crippen LogP contribution in [0.5, 0.6) is 0 Å². The van der Waals surface area contributed by atoms with E-state index in [4.69, 9.17) is 4.84 Å². The van der Waals surface area contributed by atoms with Crippen molar-refractivity contribution < 1.29 is 4.84 Å². The van der Waals surface area contributed by atoms with Crippen LogP contribution in [0.15, 0.2) is 29.4 Å². The maximum absolute atomic E-state index is 5.03. The molecule has 0 aliphatic carbocycles. The van der Waals surface area contributed by atoms with E-state index in [1.807, 2.05) is 12.1 Å². The Hall–Kier alpha value is -1.31. The van der Waals surface area contributed by atoms with E-state index in [2.05, 4.69) is 31.1 Å². The van der Waals surface area contributed by atoms with Crippen LogP contribution in [0.3, 0.4) is 0 Å². The van der Waals surface area contributed by atoms with Gasteiger partial charge in [0.1, 0.15) is 6.61 Å². The highest BCUT2D eigenvalue weighted by atomic mass is 16.6. The van der Waals surface area contributed by atoms with E-state index >= 15 is 0 Å². The van der Waals surface area contributed by atoms with Gasteiger partial charge in [0.25, 0.3) is 0 Å². The molecule has 0 aromatic heterocycles. The standard InChI is InChI=1S/C12H17NO/c1-3-8-14-13-10-12-7-5-6-11(4-2)9-12/h5-7,9-10H,3-4,8H2,1-2H3. The molecule has 2 heteroatoms. The molecule has 0 unspecified atom stereocenters. The summed E-state index contributed by atoms with van der Waals surface area (Å²) < 4.78 is 0. The zero-order valence-corrected chi connectivity index (χ0v) is 8.86. The molecule has 0 spiro atoms. The summed E-state index contributed by atoms with van der Waals surface area (Å²) in [5, 5.41) is 3.88. The minimum atomic E-state index is 0.684. The van der Waals surface area contributed by atoms with Gasteiger partial charge < -0.3 is 4.84 Å². The van der Waals surface area contributed by atoms with Crippen molar-refractivity contribution in [3.05, 3.63) is 35.4 Å². The number of aryl methyl sites for hydroxylation is 1. The van der Waals surface area contributed by atoms with Crippen LogP contribution in [0.1, 0.15) is 31.4 Å². The zero-order valence-electron chi connectivity index (χ0n) is 8.86. The minimum absolute atomic E-state index is 0.684. The molecule has 1 aromatic rings. The fraction of sp³-hybridized carbons (Fsp3) is 0.417. The number of benzene rings is 1. The number of hydrogen-bond acceptors (Lipinski definition) is 2. The summed E-state index contributed by atoms with van der Waals surface area (Å²) in [5.41, 5.74) is 2.42. The van der Waals surface area contributed by atoms with Crippen molar-refractivity contribution in [3.63, 3.8) is 0 Å². The van der Waals surface area contributed by atoms with Crippen LogP contribution in [0.25, 0.3) is 0 Å². The highest BCUT2D eigenvalue weighted by molar-refractivity contribution is 5.79. The van der Waals surface area contributed by atoms with Crippen molar-refractivity contribution in [3.8, 4) is 0 Å². The Kier molecular flexibility index (Phi) is 4.76. The lowest BCUT2D eigenvalue weighted by Gasteiger charge is -1.98. The Balaban J connectivity index is 2.53. The third-order valence-corrected chi connectivity index (χ3v) is 1.93. The van der Waals surface area contributed by atoms with Gasteiger partial charge in [-0.25, -0.2) is 0 Å². The molecule has 0 atom stereocenters. The van der Waals surface area contributed by atoms with E-state index in [-0.39, 0.29) is 0 Å². The summed E-state index contributed by atoms with van der Waals surface area (Å²) in [6.45, 7) is 4.89. The molecule has 0 saturated carbocycles. The summed E-state index contributed by atoms with van der Waals surface area (Å²) in [7, 11) is 0. The monoisotopic (exact) mass is 191 g/mol. The van der Waals surface area contributed by atoms with E-state index in [9.17, 15) is 0 Å². The maximum atomic E-state index is 5.03. The van der Waals surface area contributed by atoms with Crippen LogP contribution in [-0.2, 0) is 11.3 Å².